The highest BCUT2D eigenvalue weighted by Crippen LogP contribution is 2.28. The van der Waals surface area contributed by atoms with Gasteiger partial charge in [0.2, 0.25) is 10.0 Å². The summed E-state index contributed by atoms with van der Waals surface area (Å²) in [6.45, 7) is 7.84. The summed E-state index contributed by atoms with van der Waals surface area (Å²) in [4.78, 5) is 12.5. The van der Waals surface area contributed by atoms with Gasteiger partial charge in [-0.2, -0.15) is 0 Å². The van der Waals surface area contributed by atoms with E-state index in [1.807, 2.05) is 20.8 Å². The van der Waals surface area contributed by atoms with Crippen LogP contribution in [0.15, 0.2) is 35.2 Å². The fourth-order valence-corrected chi connectivity index (χ4v) is 5.68. The number of halogens is 1. The molecule has 1 fully saturated rings. The maximum atomic E-state index is 12.6. The Labute approximate surface area is 195 Å². The van der Waals surface area contributed by atoms with E-state index in [0.29, 0.717) is 0 Å². The molecule has 1 aliphatic rings. The van der Waals surface area contributed by atoms with E-state index in [1.54, 1.807) is 0 Å². The first-order valence-electron chi connectivity index (χ1n) is 10.9. The highest BCUT2D eigenvalue weighted by Gasteiger charge is 2.23. The molecule has 1 saturated carbocycles. The Morgan fingerprint density at radius 2 is 1.75 bits per heavy atom. The molecule has 0 unspecified atom stereocenters. The lowest BCUT2D eigenvalue weighted by atomic mass is 9.96. The van der Waals surface area contributed by atoms with Crippen LogP contribution in [0.3, 0.4) is 0 Å². The predicted molar refractivity (Wildman–Crippen MR) is 127 cm³/mol. The number of carbonyl (C=O) groups excluding carboxylic acids is 1. The number of ether oxygens (including phenoxy) is 1. The second kappa shape index (κ2) is 10.2. The summed E-state index contributed by atoms with van der Waals surface area (Å²) in [5.41, 5.74) is 4.57. The summed E-state index contributed by atoms with van der Waals surface area (Å²) in [6, 6.07) is 8.28. The molecule has 32 heavy (non-hydrogen) atoms. The van der Waals surface area contributed by atoms with Crippen LogP contribution in [0.4, 0.5) is 0 Å². The minimum atomic E-state index is -3.64. The number of nitrogens with one attached hydrogen (secondary N) is 2. The van der Waals surface area contributed by atoms with Crippen molar-refractivity contribution in [3.8, 4) is 5.75 Å². The molecule has 2 N–H and O–H groups in total. The highest BCUT2D eigenvalue weighted by atomic mass is 35.5. The molecular weight excluding hydrogens is 448 g/mol. The summed E-state index contributed by atoms with van der Waals surface area (Å²) < 4.78 is 33.4. The molecule has 0 radical (unpaired) electrons. The lowest BCUT2D eigenvalue weighted by Crippen LogP contribution is -2.32. The third-order valence-electron chi connectivity index (χ3n) is 5.98. The third kappa shape index (κ3) is 6.03. The Morgan fingerprint density at radius 3 is 2.41 bits per heavy atom. The van der Waals surface area contributed by atoms with Crippen LogP contribution >= 0.6 is 11.6 Å². The van der Waals surface area contributed by atoms with Crippen LogP contribution in [0.25, 0.3) is 0 Å². The normalized spacial score (nSPS) is 15.5. The van der Waals surface area contributed by atoms with Gasteiger partial charge < -0.3 is 10.1 Å². The van der Waals surface area contributed by atoms with E-state index in [9.17, 15) is 13.2 Å². The van der Waals surface area contributed by atoms with Crippen molar-refractivity contribution in [2.24, 2.45) is 0 Å². The topological polar surface area (TPSA) is 84.5 Å². The fourth-order valence-electron chi connectivity index (χ4n) is 4.05. The van der Waals surface area contributed by atoms with Gasteiger partial charge in [0.15, 0.2) is 6.61 Å². The minimum Gasteiger partial charge on any atom is -0.482 e. The average molecular weight is 479 g/mol. The van der Waals surface area contributed by atoms with Gasteiger partial charge in [-0.3, -0.25) is 4.79 Å². The van der Waals surface area contributed by atoms with Gasteiger partial charge in [-0.1, -0.05) is 36.6 Å². The number of sulfonamides is 1. The maximum Gasteiger partial charge on any atom is 0.258 e. The molecule has 3 rings (SSSR count). The van der Waals surface area contributed by atoms with Crippen molar-refractivity contribution in [1.29, 1.82) is 0 Å². The molecule has 0 aliphatic heterocycles. The Morgan fingerprint density at radius 1 is 1.09 bits per heavy atom. The molecule has 2 aromatic carbocycles. The molecule has 0 aromatic heterocycles. The summed E-state index contributed by atoms with van der Waals surface area (Å²) in [7, 11) is -3.64. The van der Waals surface area contributed by atoms with E-state index >= 15 is 0 Å². The number of benzene rings is 2. The molecule has 0 bridgehead atoms. The molecule has 1 aliphatic carbocycles. The highest BCUT2D eigenvalue weighted by molar-refractivity contribution is 7.89. The molecule has 0 heterocycles. The molecule has 6 nitrogen and oxygen atoms in total. The Balaban J connectivity index is 1.59. The van der Waals surface area contributed by atoms with Crippen LogP contribution in [0, 0.1) is 20.8 Å². The summed E-state index contributed by atoms with van der Waals surface area (Å²) in [6.07, 6.45) is 3.77. The van der Waals surface area contributed by atoms with Gasteiger partial charge in [-0.05, 0) is 81.0 Å². The van der Waals surface area contributed by atoms with Gasteiger partial charge in [0.25, 0.3) is 5.91 Å². The molecular formula is C24H31ClN2O4S. The van der Waals surface area contributed by atoms with Crippen molar-refractivity contribution in [2.45, 2.75) is 70.4 Å². The third-order valence-corrected chi connectivity index (χ3v) is 7.79. The zero-order valence-corrected chi connectivity index (χ0v) is 20.6. The quantitative estimate of drug-likeness (QED) is 0.573. The molecule has 1 amide bonds. The van der Waals surface area contributed by atoms with Crippen LogP contribution in [0.2, 0.25) is 5.02 Å². The molecule has 2 aromatic rings. The van der Waals surface area contributed by atoms with Crippen molar-refractivity contribution in [1.82, 2.24) is 10.0 Å². The molecule has 0 saturated heterocycles. The van der Waals surface area contributed by atoms with E-state index in [1.165, 1.54) is 29.3 Å². The van der Waals surface area contributed by atoms with E-state index in [2.05, 4.69) is 29.1 Å². The monoisotopic (exact) mass is 478 g/mol. The summed E-state index contributed by atoms with van der Waals surface area (Å²) >= 11 is 6.24. The number of hydrogen-bond donors (Lipinski definition) is 2. The maximum absolute atomic E-state index is 12.6. The lowest BCUT2D eigenvalue weighted by Gasteiger charge is -2.19. The zero-order chi connectivity index (χ0) is 23.5. The Bertz CT molecular complexity index is 1100. The first kappa shape index (κ1) is 24.6. The van der Waals surface area contributed by atoms with Crippen LogP contribution in [0.1, 0.15) is 60.9 Å². The zero-order valence-electron chi connectivity index (χ0n) is 19.0. The van der Waals surface area contributed by atoms with Crippen molar-refractivity contribution >= 4 is 27.5 Å². The van der Waals surface area contributed by atoms with Gasteiger partial charge in [0.1, 0.15) is 5.75 Å². The van der Waals surface area contributed by atoms with Crippen LogP contribution in [-0.4, -0.2) is 27.0 Å². The Hall–Kier alpha value is -2.09. The van der Waals surface area contributed by atoms with E-state index in [-0.39, 0.29) is 40.3 Å². The number of carbonyl (C=O) groups is 1. The number of amides is 1. The van der Waals surface area contributed by atoms with Crippen LogP contribution in [-0.2, 0) is 14.8 Å². The molecule has 1 atom stereocenters. The van der Waals surface area contributed by atoms with E-state index < -0.39 is 10.0 Å². The SMILES string of the molecule is Cc1cc(C)c([C@@H](C)NC(=O)COc2ccc(S(=O)(=O)NC3CCCC3)cc2Cl)cc1C. The second-order valence-electron chi connectivity index (χ2n) is 8.57. The second-order valence-corrected chi connectivity index (χ2v) is 10.7. The Kier molecular flexibility index (Phi) is 7.85. The van der Waals surface area contributed by atoms with Gasteiger partial charge in [-0.15, -0.1) is 0 Å². The molecule has 8 heteroatoms. The van der Waals surface area contributed by atoms with Crippen molar-refractivity contribution in [3.05, 3.63) is 57.6 Å². The first-order valence-corrected chi connectivity index (χ1v) is 12.7. The molecule has 0 spiro atoms. The largest absolute Gasteiger partial charge is 0.482 e. The van der Waals surface area contributed by atoms with Crippen LogP contribution in [0.5, 0.6) is 5.75 Å². The first-order chi connectivity index (χ1) is 15.1. The van der Waals surface area contributed by atoms with Crippen molar-refractivity contribution in [2.75, 3.05) is 6.61 Å². The van der Waals surface area contributed by atoms with Crippen molar-refractivity contribution in [3.63, 3.8) is 0 Å². The molecule has 174 valence electrons. The van der Waals surface area contributed by atoms with Gasteiger partial charge in [-0.25, -0.2) is 13.1 Å². The number of rotatable bonds is 8. The standard InChI is InChI=1S/C24H31ClN2O4S/c1-15-11-17(3)21(12-16(15)2)18(4)26-24(28)14-31-23-10-9-20(13-22(23)25)32(29,30)27-19-7-5-6-8-19/h9-13,18-19,27H,5-8,14H2,1-4H3,(H,26,28)/t18-/m1/s1. The van der Waals surface area contributed by atoms with E-state index in [0.717, 1.165) is 36.8 Å². The van der Waals surface area contributed by atoms with Gasteiger partial charge in [0.05, 0.1) is 16.0 Å². The van der Waals surface area contributed by atoms with Gasteiger partial charge in [0, 0.05) is 6.04 Å². The van der Waals surface area contributed by atoms with E-state index in [4.69, 9.17) is 16.3 Å². The minimum absolute atomic E-state index is 0.0265. The average Bonchev–Trinajstić information content (AvgIpc) is 3.21. The smallest absolute Gasteiger partial charge is 0.258 e. The van der Waals surface area contributed by atoms with Crippen molar-refractivity contribution < 1.29 is 17.9 Å². The summed E-state index contributed by atoms with van der Waals surface area (Å²) in [5, 5.41) is 3.08. The van der Waals surface area contributed by atoms with Crippen LogP contribution < -0.4 is 14.8 Å². The fraction of sp³-hybridized carbons (Fsp3) is 0.458. The number of hydrogen-bond acceptors (Lipinski definition) is 4. The van der Waals surface area contributed by atoms with Gasteiger partial charge >= 0.3 is 0 Å². The number of aryl methyl sites for hydroxylation is 3. The predicted octanol–water partition coefficient (Wildman–Crippen LogP) is 4.74. The summed E-state index contributed by atoms with van der Waals surface area (Å²) in [5.74, 6) is -0.0255. The lowest BCUT2D eigenvalue weighted by molar-refractivity contribution is -0.123.